The van der Waals surface area contributed by atoms with E-state index in [2.05, 4.69) is 27.7 Å². The Morgan fingerprint density at radius 2 is 2.00 bits per heavy atom. The van der Waals surface area contributed by atoms with Gasteiger partial charge in [-0.3, -0.25) is 4.79 Å². The van der Waals surface area contributed by atoms with E-state index >= 15 is 0 Å². The lowest BCUT2D eigenvalue weighted by molar-refractivity contribution is -0.128. The van der Waals surface area contributed by atoms with Crippen molar-refractivity contribution in [2.24, 2.45) is 17.3 Å². The van der Waals surface area contributed by atoms with Crippen LogP contribution in [0.5, 0.6) is 0 Å². The Hall–Kier alpha value is -0.590. The fraction of sp³-hybridized carbons (Fsp3) is 0.800. The van der Waals surface area contributed by atoms with Gasteiger partial charge in [-0.1, -0.05) is 25.0 Å². The number of hydrogen-bond donors (Lipinski definition) is 0. The molecule has 3 atom stereocenters. The molecule has 1 nitrogen and oxygen atoms in total. The molecule has 0 radical (unpaired) electrons. The molecule has 0 N–H and O–H groups in total. The normalized spacial score (nSPS) is 39.5. The summed E-state index contributed by atoms with van der Waals surface area (Å²) in [5, 5.41) is 0. The molecule has 0 saturated heterocycles. The van der Waals surface area contributed by atoms with Gasteiger partial charge in [0.2, 0.25) is 0 Å². The van der Waals surface area contributed by atoms with Crippen LogP contribution in [0.1, 0.15) is 59.8 Å². The maximum absolute atomic E-state index is 11.7. The summed E-state index contributed by atoms with van der Waals surface area (Å²) in [6, 6.07) is 0. The molecule has 2 rings (SSSR count). The predicted molar refractivity (Wildman–Crippen MR) is 67.2 cm³/mol. The second kappa shape index (κ2) is 4.01. The summed E-state index contributed by atoms with van der Waals surface area (Å²) in [6.07, 6.45) is 5.34. The molecule has 2 saturated carbocycles. The minimum Gasteiger partial charge on any atom is -0.300 e. The molecule has 0 heterocycles. The van der Waals surface area contributed by atoms with Crippen molar-refractivity contribution in [3.8, 4) is 0 Å². The van der Waals surface area contributed by atoms with Gasteiger partial charge < -0.3 is 0 Å². The number of fused-ring (bicyclic) bond motifs is 1. The second-order valence-corrected chi connectivity index (χ2v) is 6.37. The SMILES string of the molecule is CC(C)=C1CCC2CC(=O)CC(C)C2(C)C1. The van der Waals surface area contributed by atoms with Crippen LogP contribution in [0.25, 0.3) is 0 Å². The summed E-state index contributed by atoms with van der Waals surface area (Å²) in [5.41, 5.74) is 3.54. The van der Waals surface area contributed by atoms with Gasteiger partial charge in [0.1, 0.15) is 5.78 Å². The van der Waals surface area contributed by atoms with Crippen LogP contribution in [0, 0.1) is 17.3 Å². The Balaban J connectivity index is 2.26. The quantitative estimate of drug-likeness (QED) is 0.561. The molecule has 0 aromatic carbocycles. The topological polar surface area (TPSA) is 17.1 Å². The Morgan fingerprint density at radius 3 is 2.62 bits per heavy atom. The van der Waals surface area contributed by atoms with E-state index in [9.17, 15) is 4.79 Å². The predicted octanol–water partition coefficient (Wildman–Crippen LogP) is 4.13. The van der Waals surface area contributed by atoms with Crippen LogP contribution in [0.15, 0.2) is 11.1 Å². The molecule has 2 fully saturated rings. The monoisotopic (exact) mass is 220 g/mol. The van der Waals surface area contributed by atoms with Crippen LogP contribution in [-0.4, -0.2) is 5.78 Å². The molecule has 0 aromatic rings. The number of allylic oxidation sites excluding steroid dienone is 2. The molecule has 2 aliphatic rings. The van der Waals surface area contributed by atoms with Crippen molar-refractivity contribution in [1.82, 2.24) is 0 Å². The number of carbonyl (C=O) groups excluding carboxylic acids is 1. The van der Waals surface area contributed by atoms with Crippen molar-refractivity contribution >= 4 is 5.78 Å². The number of ketones is 1. The average molecular weight is 220 g/mol. The fourth-order valence-electron chi connectivity index (χ4n) is 3.64. The molecule has 0 amide bonds. The Bertz CT molecular complexity index is 335. The van der Waals surface area contributed by atoms with Crippen molar-refractivity contribution in [2.75, 3.05) is 0 Å². The van der Waals surface area contributed by atoms with Crippen LogP contribution in [0.4, 0.5) is 0 Å². The van der Waals surface area contributed by atoms with Crippen LogP contribution in [-0.2, 0) is 4.79 Å². The van der Waals surface area contributed by atoms with Gasteiger partial charge in [0.25, 0.3) is 0 Å². The molecule has 0 spiro atoms. The lowest BCUT2D eigenvalue weighted by atomic mass is 9.54. The highest BCUT2D eigenvalue weighted by Gasteiger charge is 2.46. The smallest absolute Gasteiger partial charge is 0.133 e. The average Bonchev–Trinajstić information content (AvgIpc) is 2.19. The first-order chi connectivity index (χ1) is 7.43. The van der Waals surface area contributed by atoms with E-state index < -0.39 is 0 Å². The summed E-state index contributed by atoms with van der Waals surface area (Å²) < 4.78 is 0. The molecular formula is C15H24O. The standard InChI is InChI=1S/C15H24O/c1-10(2)12-5-6-13-8-14(16)7-11(3)15(13,4)9-12/h11,13H,5-9H2,1-4H3. The zero-order valence-electron chi connectivity index (χ0n) is 11.1. The first-order valence-electron chi connectivity index (χ1n) is 6.60. The third-order valence-corrected chi connectivity index (χ3v) is 5.16. The lowest BCUT2D eigenvalue weighted by Gasteiger charge is -2.50. The summed E-state index contributed by atoms with van der Waals surface area (Å²) >= 11 is 0. The summed E-state index contributed by atoms with van der Waals surface area (Å²) in [4.78, 5) is 11.7. The summed E-state index contributed by atoms with van der Waals surface area (Å²) in [6.45, 7) is 9.16. The highest BCUT2D eigenvalue weighted by Crippen LogP contribution is 2.54. The summed E-state index contributed by atoms with van der Waals surface area (Å²) in [7, 11) is 0. The molecule has 0 aliphatic heterocycles. The third kappa shape index (κ3) is 1.85. The van der Waals surface area contributed by atoms with Crippen LogP contribution in [0.3, 0.4) is 0 Å². The molecule has 0 aromatic heterocycles. The third-order valence-electron chi connectivity index (χ3n) is 5.16. The van der Waals surface area contributed by atoms with E-state index in [-0.39, 0.29) is 0 Å². The minimum atomic E-state index is 0.388. The zero-order chi connectivity index (χ0) is 11.9. The van der Waals surface area contributed by atoms with Crippen molar-refractivity contribution in [3.63, 3.8) is 0 Å². The van der Waals surface area contributed by atoms with Gasteiger partial charge in [0.15, 0.2) is 0 Å². The summed E-state index contributed by atoms with van der Waals surface area (Å²) in [5.74, 6) is 1.70. The van der Waals surface area contributed by atoms with Crippen molar-refractivity contribution in [3.05, 3.63) is 11.1 Å². The molecule has 90 valence electrons. The highest BCUT2D eigenvalue weighted by molar-refractivity contribution is 5.80. The molecule has 1 heteroatoms. The first-order valence-corrected chi connectivity index (χ1v) is 6.60. The number of Topliss-reactive ketones (excluding diaryl/α,β-unsaturated/α-hetero) is 1. The molecule has 2 aliphatic carbocycles. The van der Waals surface area contributed by atoms with Gasteiger partial charge in [-0.05, 0) is 50.4 Å². The number of rotatable bonds is 0. The van der Waals surface area contributed by atoms with E-state index in [1.165, 1.54) is 24.8 Å². The van der Waals surface area contributed by atoms with Crippen LogP contribution in [0.2, 0.25) is 0 Å². The molecule has 16 heavy (non-hydrogen) atoms. The molecular weight excluding hydrogens is 196 g/mol. The van der Waals surface area contributed by atoms with Gasteiger partial charge in [-0.2, -0.15) is 0 Å². The molecule has 3 unspecified atom stereocenters. The van der Waals surface area contributed by atoms with E-state index in [4.69, 9.17) is 0 Å². The van der Waals surface area contributed by atoms with E-state index in [1.807, 2.05) is 0 Å². The Labute approximate surface area is 99.3 Å². The van der Waals surface area contributed by atoms with Crippen LogP contribution < -0.4 is 0 Å². The van der Waals surface area contributed by atoms with Crippen molar-refractivity contribution in [1.29, 1.82) is 0 Å². The van der Waals surface area contributed by atoms with E-state index in [0.717, 1.165) is 12.8 Å². The lowest BCUT2D eigenvalue weighted by Crippen LogP contribution is -2.43. The van der Waals surface area contributed by atoms with Crippen LogP contribution >= 0.6 is 0 Å². The van der Waals surface area contributed by atoms with E-state index in [1.54, 1.807) is 5.57 Å². The van der Waals surface area contributed by atoms with E-state index in [0.29, 0.717) is 23.0 Å². The van der Waals surface area contributed by atoms with Gasteiger partial charge in [-0.25, -0.2) is 0 Å². The molecule has 0 bridgehead atoms. The van der Waals surface area contributed by atoms with Crippen molar-refractivity contribution < 1.29 is 4.79 Å². The Kier molecular flexibility index (Phi) is 2.98. The van der Waals surface area contributed by atoms with Crippen molar-refractivity contribution in [2.45, 2.75) is 59.8 Å². The largest absolute Gasteiger partial charge is 0.300 e. The Morgan fingerprint density at radius 1 is 1.31 bits per heavy atom. The van der Waals surface area contributed by atoms with Gasteiger partial charge in [-0.15, -0.1) is 0 Å². The van der Waals surface area contributed by atoms with Gasteiger partial charge in [0.05, 0.1) is 0 Å². The number of carbonyl (C=O) groups is 1. The minimum absolute atomic E-state index is 0.388. The fourth-order valence-corrected chi connectivity index (χ4v) is 3.64. The highest BCUT2D eigenvalue weighted by atomic mass is 16.1. The van der Waals surface area contributed by atoms with Gasteiger partial charge in [0, 0.05) is 12.8 Å². The zero-order valence-corrected chi connectivity index (χ0v) is 11.1. The second-order valence-electron chi connectivity index (χ2n) is 6.37. The number of hydrogen-bond acceptors (Lipinski definition) is 1. The maximum atomic E-state index is 11.7. The van der Waals surface area contributed by atoms with Gasteiger partial charge >= 0.3 is 0 Å². The first kappa shape index (κ1) is 11.9. The maximum Gasteiger partial charge on any atom is 0.133 e.